The van der Waals surface area contributed by atoms with E-state index in [0.717, 1.165) is 37.8 Å². The number of carbonyl (C=O) groups is 2. The van der Waals surface area contributed by atoms with Gasteiger partial charge < -0.3 is 10.2 Å². The quantitative estimate of drug-likeness (QED) is 0.758. The van der Waals surface area contributed by atoms with E-state index < -0.39 is 29.2 Å². The SMILES string of the molecule is CCCCN(CCCC)C(=O)C(=O)Nc1ccccc1C(F)(F)F. The maximum atomic E-state index is 12.9. The summed E-state index contributed by atoms with van der Waals surface area (Å²) in [6.45, 7) is 4.76. The summed E-state index contributed by atoms with van der Waals surface area (Å²) < 4.78 is 38.8. The van der Waals surface area contributed by atoms with E-state index >= 15 is 0 Å². The summed E-state index contributed by atoms with van der Waals surface area (Å²) in [7, 11) is 0. The molecule has 1 aromatic carbocycles. The number of hydrogen-bond acceptors (Lipinski definition) is 2. The summed E-state index contributed by atoms with van der Waals surface area (Å²) in [5, 5.41) is 2.10. The highest BCUT2D eigenvalue weighted by Gasteiger charge is 2.34. The van der Waals surface area contributed by atoms with Gasteiger partial charge in [0.15, 0.2) is 0 Å². The first kappa shape index (κ1) is 20.0. The van der Waals surface area contributed by atoms with Crippen molar-refractivity contribution in [1.82, 2.24) is 4.90 Å². The van der Waals surface area contributed by atoms with Crippen molar-refractivity contribution in [2.75, 3.05) is 18.4 Å². The Bertz CT molecular complexity index is 551. The molecule has 0 bridgehead atoms. The van der Waals surface area contributed by atoms with E-state index in [1.807, 2.05) is 13.8 Å². The fourth-order valence-electron chi connectivity index (χ4n) is 2.17. The Hall–Kier alpha value is -2.05. The first-order valence-corrected chi connectivity index (χ1v) is 8.07. The molecule has 7 heteroatoms. The molecule has 24 heavy (non-hydrogen) atoms. The molecule has 0 aliphatic heterocycles. The second-order valence-electron chi connectivity index (χ2n) is 5.50. The van der Waals surface area contributed by atoms with Crippen molar-refractivity contribution in [2.45, 2.75) is 45.7 Å². The molecule has 0 aliphatic carbocycles. The van der Waals surface area contributed by atoms with Crippen LogP contribution < -0.4 is 5.32 Å². The molecule has 0 fully saturated rings. The van der Waals surface area contributed by atoms with Crippen LogP contribution in [0.15, 0.2) is 24.3 Å². The monoisotopic (exact) mass is 344 g/mol. The smallest absolute Gasteiger partial charge is 0.334 e. The van der Waals surface area contributed by atoms with E-state index in [9.17, 15) is 22.8 Å². The van der Waals surface area contributed by atoms with E-state index in [2.05, 4.69) is 5.32 Å². The van der Waals surface area contributed by atoms with Gasteiger partial charge in [0.05, 0.1) is 11.3 Å². The van der Waals surface area contributed by atoms with Gasteiger partial charge >= 0.3 is 18.0 Å². The van der Waals surface area contributed by atoms with Crippen molar-refractivity contribution in [3.05, 3.63) is 29.8 Å². The summed E-state index contributed by atoms with van der Waals surface area (Å²) >= 11 is 0. The highest BCUT2D eigenvalue weighted by atomic mass is 19.4. The van der Waals surface area contributed by atoms with Gasteiger partial charge in [-0.15, -0.1) is 0 Å². The van der Waals surface area contributed by atoms with Crippen LogP contribution in [0.5, 0.6) is 0 Å². The van der Waals surface area contributed by atoms with E-state index in [-0.39, 0.29) is 0 Å². The molecule has 0 atom stereocenters. The zero-order chi connectivity index (χ0) is 18.2. The zero-order valence-electron chi connectivity index (χ0n) is 13.9. The first-order valence-electron chi connectivity index (χ1n) is 8.07. The van der Waals surface area contributed by atoms with Crippen LogP contribution in [0.25, 0.3) is 0 Å². The standard InChI is InChI=1S/C17H23F3N2O2/c1-3-5-11-22(12-6-4-2)16(24)15(23)21-14-10-8-7-9-13(14)17(18,19)20/h7-10H,3-6,11-12H2,1-2H3,(H,21,23). The number of nitrogens with one attached hydrogen (secondary N) is 1. The second-order valence-corrected chi connectivity index (χ2v) is 5.50. The number of para-hydroxylation sites is 1. The predicted molar refractivity (Wildman–Crippen MR) is 86.5 cm³/mol. The minimum absolute atomic E-state index is 0.408. The van der Waals surface area contributed by atoms with Gasteiger partial charge in [-0.3, -0.25) is 9.59 Å². The Kier molecular flexibility index (Phi) is 7.74. The number of unbranched alkanes of at least 4 members (excludes halogenated alkanes) is 2. The molecule has 0 saturated carbocycles. The summed E-state index contributed by atoms with van der Waals surface area (Å²) in [5.41, 5.74) is -1.38. The Labute approximate surface area is 140 Å². The van der Waals surface area contributed by atoms with Gasteiger partial charge in [-0.2, -0.15) is 13.2 Å². The molecule has 1 rings (SSSR count). The molecule has 0 radical (unpaired) electrons. The third kappa shape index (κ3) is 5.86. The fourth-order valence-corrected chi connectivity index (χ4v) is 2.17. The first-order chi connectivity index (χ1) is 11.3. The molecule has 0 unspecified atom stereocenters. The average Bonchev–Trinajstić information content (AvgIpc) is 2.54. The van der Waals surface area contributed by atoms with Crippen molar-refractivity contribution in [3.8, 4) is 0 Å². The molecule has 0 saturated heterocycles. The van der Waals surface area contributed by atoms with Crippen LogP contribution in [0.2, 0.25) is 0 Å². The van der Waals surface area contributed by atoms with Crippen molar-refractivity contribution in [3.63, 3.8) is 0 Å². The second kappa shape index (κ2) is 9.30. The van der Waals surface area contributed by atoms with Crippen molar-refractivity contribution in [2.24, 2.45) is 0 Å². The number of carbonyl (C=O) groups excluding carboxylic acids is 2. The Morgan fingerprint density at radius 2 is 1.58 bits per heavy atom. The van der Waals surface area contributed by atoms with Crippen molar-refractivity contribution in [1.29, 1.82) is 0 Å². The Morgan fingerprint density at radius 1 is 1.04 bits per heavy atom. The normalized spacial score (nSPS) is 11.2. The van der Waals surface area contributed by atoms with E-state index in [1.165, 1.54) is 17.0 Å². The highest BCUT2D eigenvalue weighted by Crippen LogP contribution is 2.34. The number of amides is 2. The molecule has 2 amide bonds. The third-order valence-corrected chi connectivity index (χ3v) is 3.53. The van der Waals surface area contributed by atoms with E-state index in [0.29, 0.717) is 13.1 Å². The van der Waals surface area contributed by atoms with Gasteiger partial charge in [-0.25, -0.2) is 0 Å². The van der Waals surface area contributed by atoms with Gasteiger partial charge in [0.1, 0.15) is 0 Å². The van der Waals surface area contributed by atoms with Crippen LogP contribution in [0, 0.1) is 0 Å². The van der Waals surface area contributed by atoms with Gasteiger partial charge in [0.2, 0.25) is 0 Å². The molecule has 0 aliphatic rings. The minimum Gasteiger partial charge on any atom is -0.334 e. The van der Waals surface area contributed by atoms with Crippen LogP contribution in [0.4, 0.5) is 18.9 Å². The molecule has 0 spiro atoms. The molecule has 4 nitrogen and oxygen atoms in total. The predicted octanol–water partition coefficient (Wildman–Crippen LogP) is 4.07. The molecule has 1 aromatic rings. The lowest BCUT2D eigenvalue weighted by molar-refractivity contribution is -0.143. The van der Waals surface area contributed by atoms with Gasteiger partial charge in [-0.05, 0) is 25.0 Å². The number of nitrogens with zero attached hydrogens (tertiary/aromatic N) is 1. The molecule has 1 N–H and O–H groups in total. The lowest BCUT2D eigenvalue weighted by atomic mass is 10.1. The molecule has 0 heterocycles. The largest absolute Gasteiger partial charge is 0.418 e. The minimum atomic E-state index is -4.60. The molecular formula is C17H23F3N2O2. The number of hydrogen-bond donors (Lipinski definition) is 1. The van der Waals surface area contributed by atoms with E-state index in [1.54, 1.807) is 0 Å². The number of anilines is 1. The van der Waals surface area contributed by atoms with Crippen LogP contribution in [-0.2, 0) is 15.8 Å². The summed E-state index contributed by atoms with van der Waals surface area (Å²) in [6.07, 6.45) is -1.41. The number of benzene rings is 1. The van der Waals surface area contributed by atoms with Crippen LogP contribution in [0.1, 0.15) is 45.1 Å². The summed E-state index contributed by atoms with van der Waals surface area (Å²) in [6, 6.07) is 4.61. The summed E-state index contributed by atoms with van der Waals surface area (Å²) in [5.74, 6) is -1.84. The zero-order valence-corrected chi connectivity index (χ0v) is 13.9. The van der Waals surface area contributed by atoms with Gasteiger partial charge in [0, 0.05) is 13.1 Å². The van der Waals surface area contributed by atoms with Crippen LogP contribution in [-0.4, -0.2) is 29.8 Å². The Balaban J connectivity index is 2.87. The highest BCUT2D eigenvalue weighted by molar-refractivity contribution is 6.39. The van der Waals surface area contributed by atoms with Crippen molar-refractivity contribution >= 4 is 17.5 Å². The lowest BCUT2D eigenvalue weighted by Gasteiger charge is -2.22. The summed E-state index contributed by atoms with van der Waals surface area (Å²) in [4.78, 5) is 25.7. The average molecular weight is 344 g/mol. The maximum absolute atomic E-state index is 12.9. The van der Waals surface area contributed by atoms with Gasteiger partial charge in [-0.1, -0.05) is 38.8 Å². The van der Waals surface area contributed by atoms with Crippen LogP contribution >= 0.6 is 0 Å². The Morgan fingerprint density at radius 3 is 2.08 bits per heavy atom. The maximum Gasteiger partial charge on any atom is 0.418 e. The number of alkyl halides is 3. The molecule has 0 aromatic heterocycles. The lowest BCUT2D eigenvalue weighted by Crippen LogP contribution is -2.41. The third-order valence-electron chi connectivity index (χ3n) is 3.53. The molecular weight excluding hydrogens is 321 g/mol. The number of halogens is 3. The number of rotatable bonds is 7. The van der Waals surface area contributed by atoms with E-state index in [4.69, 9.17) is 0 Å². The molecule has 134 valence electrons. The fraction of sp³-hybridized carbons (Fsp3) is 0.529. The topological polar surface area (TPSA) is 49.4 Å². The van der Waals surface area contributed by atoms with Gasteiger partial charge in [0.25, 0.3) is 0 Å². The van der Waals surface area contributed by atoms with Crippen molar-refractivity contribution < 1.29 is 22.8 Å². The van der Waals surface area contributed by atoms with Crippen LogP contribution in [0.3, 0.4) is 0 Å².